The van der Waals surface area contributed by atoms with Gasteiger partial charge >= 0.3 is 0 Å². The van der Waals surface area contributed by atoms with Crippen molar-refractivity contribution < 1.29 is 4.79 Å². The molecule has 1 aliphatic rings. The Morgan fingerprint density at radius 3 is 2.66 bits per heavy atom. The molecule has 3 aromatic rings. The van der Waals surface area contributed by atoms with Gasteiger partial charge in [-0.05, 0) is 42.6 Å². The second kappa shape index (κ2) is 9.27. The minimum atomic E-state index is 0.0927. The van der Waals surface area contributed by atoms with E-state index in [1.54, 1.807) is 0 Å². The molecule has 1 fully saturated rings. The molecule has 0 atom stereocenters. The first kappa shape index (κ1) is 19.7. The maximum absolute atomic E-state index is 12.5. The number of aromatic amines is 1. The summed E-state index contributed by atoms with van der Waals surface area (Å²) in [4.78, 5) is 18.2. The highest BCUT2D eigenvalue weighted by Gasteiger charge is 2.17. The van der Waals surface area contributed by atoms with Crippen LogP contribution in [0.3, 0.4) is 0 Å². The Bertz CT molecular complexity index is 941. The highest BCUT2D eigenvalue weighted by Crippen LogP contribution is 2.26. The fraction of sp³-hybridized carbons (Fsp3) is 0.400. The lowest BCUT2D eigenvalue weighted by Gasteiger charge is -2.31. The second-order valence-corrected chi connectivity index (χ2v) is 8.24. The molecule has 4 heteroatoms. The molecule has 1 aliphatic carbocycles. The maximum Gasteiger partial charge on any atom is 0.224 e. The molecule has 0 radical (unpaired) electrons. The third-order valence-corrected chi connectivity index (χ3v) is 6.21. The molecule has 2 N–H and O–H groups in total. The predicted octanol–water partition coefficient (Wildman–Crippen LogP) is 4.76. The largest absolute Gasteiger partial charge is 0.361 e. The number of H-pyrrole nitrogens is 1. The number of aromatic nitrogens is 1. The van der Waals surface area contributed by atoms with Crippen LogP contribution in [0.2, 0.25) is 0 Å². The van der Waals surface area contributed by atoms with Crippen molar-refractivity contribution in [2.75, 3.05) is 20.1 Å². The molecular weight excluding hydrogens is 358 g/mol. The number of nitrogens with zero attached hydrogens (tertiary/aromatic N) is 1. The van der Waals surface area contributed by atoms with Gasteiger partial charge in [0.25, 0.3) is 0 Å². The second-order valence-electron chi connectivity index (χ2n) is 8.24. The van der Waals surface area contributed by atoms with Crippen LogP contribution < -0.4 is 5.32 Å². The van der Waals surface area contributed by atoms with E-state index in [9.17, 15) is 4.79 Å². The van der Waals surface area contributed by atoms with Crippen LogP contribution in [0.4, 0.5) is 0 Å². The lowest BCUT2D eigenvalue weighted by atomic mass is 9.94. The molecule has 0 spiro atoms. The van der Waals surface area contributed by atoms with Crippen molar-refractivity contribution in [1.29, 1.82) is 0 Å². The normalized spacial score (nSPS) is 15.1. The summed E-state index contributed by atoms with van der Waals surface area (Å²) in [6.07, 6.45) is 9.03. The van der Waals surface area contributed by atoms with Gasteiger partial charge < -0.3 is 15.2 Å². The monoisotopic (exact) mass is 389 g/mol. The van der Waals surface area contributed by atoms with Crippen molar-refractivity contribution in [2.24, 2.45) is 0 Å². The lowest BCUT2D eigenvalue weighted by Crippen LogP contribution is -2.39. The molecule has 1 heterocycles. The van der Waals surface area contributed by atoms with E-state index in [1.807, 2.05) is 12.3 Å². The van der Waals surface area contributed by atoms with Gasteiger partial charge in [-0.1, -0.05) is 61.7 Å². The number of benzene rings is 2. The third kappa shape index (κ3) is 4.88. The molecule has 0 bridgehead atoms. The first-order chi connectivity index (χ1) is 14.2. The summed E-state index contributed by atoms with van der Waals surface area (Å²) in [5.74, 6) is 0.0927. The molecule has 4 rings (SSSR count). The van der Waals surface area contributed by atoms with E-state index in [-0.39, 0.29) is 5.91 Å². The predicted molar refractivity (Wildman–Crippen MR) is 120 cm³/mol. The number of hydrogen-bond donors (Lipinski definition) is 2. The number of hydrogen-bond acceptors (Lipinski definition) is 2. The zero-order valence-corrected chi connectivity index (χ0v) is 17.3. The summed E-state index contributed by atoms with van der Waals surface area (Å²) in [6.45, 7) is 1.64. The van der Waals surface area contributed by atoms with Gasteiger partial charge in [-0.15, -0.1) is 0 Å². The average molecular weight is 390 g/mol. The van der Waals surface area contributed by atoms with Crippen LogP contribution in [0.1, 0.15) is 37.7 Å². The van der Waals surface area contributed by atoms with Crippen LogP contribution >= 0.6 is 0 Å². The Balaban J connectivity index is 1.32. The molecule has 0 unspecified atom stereocenters. The van der Waals surface area contributed by atoms with Gasteiger partial charge in [0.15, 0.2) is 0 Å². The van der Waals surface area contributed by atoms with E-state index < -0.39 is 0 Å². The molecule has 0 saturated heterocycles. The number of fused-ring (bicyclic) bond motifs is 1. The van der Waals surface area contributed by atoms with Gasteiger partial charge in [0.1, 0.15) is 0 Å². The van der Waals surface area contributed by atoms with Gasteiger partial charge in [0.05, 0.1) is 6.42 Å². The Morgan fingerprint density at radius 1 is 1.07 bits per heavy atom. The zero-order chi connectivity index (χ0) is 20.1. The van der Waals surface area contributed by atoms with Crippen LogP contribution in [0, 0.1) is 0 Å². The van der Waals surface area contributed by atoms with Gasteiger partial charge in [-0.3, -0.25) is 4.79 Å². The Kier molecular flexibility index (Phi) is 6.30. The first-order valence-electron chi connectivity index (χ1n) is 10.8. The summed E-state index contributed by atoms with van der Waals surface area (Å²) < 4.78 is 0. The van der Waals surface area contributed by atoms with Crippen LogP contribution in [-0.2, 0) is 11.2 Å². The third-order valence-electron chi connectivity index (χ3n) is 6.21. The van der Waals surface area contributed by atoms with Gasteiger partial charge in [0.2, 0.25) is 5.91 Å². The molecular formula is C25H31N3O. The van der Waals surface area contributed by atoms with E-state index >= 15 is 0 Å². The smallest absolute Gasteiger partial charge is 0.224 e. The lowest BCUT2D eigenvalue weighted by molar-refractivity contribution is -0.120. The molecule has 29 heavy (non-hydrogen) atoms. The van der Waals surface area contributed by atoms with Crippen LogP contribution in [0.15, 0.2) is 54.7 Å². The minimum absolute atomic E-state index is 0.0927. The van der Waals surface area contributed by atoms with E-state index in [0.29, 0.717) is 19.0 Å². The highest BCUT2D eigenvalue weighted by molar-refractivity contribution is 5.91. The summed E-state index contributed by atoms with van der Waals surface area (Å²) in [5.41, 5.74) is 4.51. The number of likely N-dealkylation sites (N-methyl/N-ethyl adjacent to an activating group) is 1. The molecule has 1 saturated carbocycles. The van der Waals surface area contributed by atoms with E-state index in [2.05, 4.69) is 64.7 Å². The summed E-state index contributed by atoms with van der Waals surface area (Å²) in [6, 6.07) is 17.5. The van der Waals surface area contributed by atoms with Crippen LogP contribution in [-0.4, -0.2) is 42.0 Å². The van der Waals surface area contributed by atoms with E-state index in [4.69, 9.17) is 0 Å². The Labute approximate surface area is 173 Å². The molecule has 4 nitrogen and oxygen atoms in total. The van der Waals surface area contributed by atoms with E-state index in [1.165, 1.54) is 43.2 Å². The minimum Gasteiger partial charge on any atom is -0.361 e. The zero-order valence-electron chi connectivity index (χ0n) is 17.3. The highest BCUT2D eigenvalue weighted by atomic mass is 16.1. The van der Waals surface area contributed by atoms with Crippen molar-refractivity contribution in [3.8, 4) is 11.1 Å². The van der Waals surface area contributed by atoms with Crippen molar-refractivity contribution in [2.45, 2.75) is 44.6 Å². The van der Waals surface area contributed by atoms with Gasteiger partial charge in [-0.2, -0.15) is 0 Å². The number of amides is 1. The number of carbonyl (C=O) groups is 1. The van der Waals surface area contributed by atoms with Crippen molar-refractivity contribution in [3.63, 3.8) is 0 Å². The first-order valence-corrected chi connectivity index (χ1v) is 10.8. The topological polar surface area (TPSA) is 48.1 Å². The van der Waals surface area contributed by atoms with Crippen molar-refractivity contribution >= 4 is 16.8 Å². The Hall–Kier alpha value is -2.59. The van der Waals surface area contributed by atoms with Crippen LogP contribution in [0.5, 0.6) is 0 Å². The maximum atomic E-state index is 12.5. The number of rotatable bonds is 7. The summed E-state index contributed by atoms with van der Waals surface area (Å²) >= 11 is 0. The van der Waals surface area contributed by atoms with Crippen LogP contribution in [0.25, 0.3) is 22.0 Å². The SMILES string of the molecule is CN(CCNC(=O)Cc1c[nH]c2cc(-c3ccccc3)ccc12)C1CCCCC1. The van der Waals surface area contributed by atoms with Crippen molar-refractivity contribution in [3.05, 3.63) is 60.3 Å². The Morgan fingerprint density at radius 2 is 1.86 bits per heavy atom. The molecule has 1 aromatic heterocycles. The fourth-order valence-corrected chi connectivity index (χ4v) is 4.45. The molecule has 152 valence electrons. The average Bonchev–Trinajstić information content (AvgIpc) is 3.16. The summed E-state index contributed by atoms with van der Waals surface area (Å²) in [7, 11) is 2.19. The van der Waals surface area contributed by atoms with Gasteiger partial charge in [0, 0.05) is 36.2 Å². The van der Waals surface area contributed by atoms with E-state index in [0.717, 1.165) is 23.0 Å². The van der Waals surface area contributed by atoms with Crippen molar-refractivity contribution in [1.82, 2.24) is 15.2 Å². The summed E-state index contributed by atoms with van der Waals surface area (Å²) in [5, 5.41) is 4.22. The fourth-order valence-electron chi connectivity index (χ4n) is 4.45. The standard InChI is InChI=1S/C25H31N3O/c1-28(22-10-6-3-7-11-22)15-14-26-25(29)17-21-18-27-24-16-20(12-13-23(21)24)19-8-4-2-5-9-19/h2,4-5,8-9,12-13,16,18,22,27H,3,6-7,10-11,14-15,17H2,1H3,(H,26,29). The van der Waals surface area contributed by atoms with Gasteiger partial charge in [-0.25, -0.2) is 0 Å². The number of nitrogens with one attached hydrogen (secondary N) is 2. The quantitative estimate of drug-likeness (QED) is 0.612. The molecule has 1 amide bonds. The molecule has 2 aromatic carbocycles. The molecule has 0 aliphatic heterocycles. The number of carbonyl (C=O) groups excluding carboxylic acids is 1.